The maximum atomic E-state index is 11.0. The zero-order chi connectivity index (χ0) is 13.6. The van der Waals surface area contributed by atoms with Gasteiger partial charge >= 0.3 is 35.5 Å². The summed E-state index contributed by atoms with van der Waals surface area (Å²) in [4.78, 5) is 15.1. The number of benzene rings is 2. The molecule has 0 atom stereocenters. The molecule has 20 heavy (non-hydrogen) atoms. The van der Waals surface area contributed by atoms with Gasteiger partial charge in [-0.05, 0) is 35.0 Å². The zero-order valence-electron chi connectivity index (χ0n) is 9.52. The first-order chi connectivity index (χ1) is 9.06. The Balaban J connectivity index is 0.00000147. The topological polar surface area (TPSA) is 50.2 Å². The molecule has 0 amide bonds. The van der Waals surface area contributed by atoms with Gasteiger partial charge in [0.25, 0.3) is 0 Å². The predicted molar refractivity (Wildman–Crippen MR) is 86.1 cm³/mol. The van der Waals surface area contributed by atoms with Gasteiger partial charge < -0.3 is 5.11 Å². The Kier molecular flexibility index (Phi) is 4.72. The third-order valence-corrected chi connectivity index (χ3v) is 3.86. The van der Waals surface area contributed by atoms with Gasteiger partial charge in [0.05, 0.1) is 5.56 Å². The second-order valence-electron chi connectivity index (χ2n) is 4.15. The summed E-state index contributed by atoms with van der Waals surface area (Å²) in [7, 11) is 0. The van der Waals surface area contributed by atoms with Gasteiger partial charge in [0.2, 0.25) is 0 Å². The first kappa shape index (κ1) is 15.7. The van der Waals surface area contributed by atoms with Crippen LogP contribution in [0.25, 0.3) is 21.5 Å². The Bertz CT molecular complexity index is 838. The Morgan fingerprint density at radius 2 is 1.90 bits per heavy atom. The van der Waals surface area contributed by atoms with Crippen LogP contribution in [-0.4, -0.2) is 45.6 Å². The molecule has 3 aromatic rings. The number of carbonyl (C=O) groups is 1. The molecule has 0 aliphatic rings. The minimum atomic E-state index is -0.938. The molecule has 96 valence electrons. The van der Waals surface area contributed by atoms with E-state index in [2.05, 4.69) is 20.9 Å². The summed E-state index contributed by atoms with van der Waals surface area (Å²) in [5.41, 5.74) is 0.265. The van der Waals surface area contributed by atoms with E-state index >= 15 is 0 Å². The van der Waals surface area contributed by atoms with Gasteiger partial charge in [-0.1, -0.05) is 33.6 Å². The van der Waals surface area contributed by atoms with Gasteiger partial charge in [-0.15, -0.1) is 0 Å². The van der Waals surface area contributed by atoms with Crippen LogP contribution < -0.4 is 0 Å². The number of nitrogens with zero attached hydrogens (tertiary/aromatic N) is 1. The fourth-order valence-corrected chi connectivity index (χ4v) is 2.85. The summed E-state index contributed by atoms with van der Waals surface area (Å²) in [6.07, 6.45) is 1.70. The van der Waals surface area contributed by atoms with Crippen molar-refractivity contribution in [2.45, 2.75) is 0 Å². The van der Waals surface area contributed by atoms with E-state index in [1.54, 1.807) is 30.5 Å². The standard InChI is InChI=1S/C14H7BrClNO2.Na.H/c15-12-4-8-3-7(14(18)19)1-2-9(8)11-6-17-13(16)5-10(11)12;;/h1-6H,(H,18,19);;. The Hall–Kier alpha value is -0.650. The van der Waals surface area contributed by atoms with Crippen LogP contribution in [0.2, 0.25) is 5.15 Å². The summed E-state index contributed by atoms with van der Waals surface area (Å²) in [6, 6.07) is 8.71. The number of fused-ring (bicyclic) bond motifs is 3. The molecule has 0 fully saturated rings. The van der Waals surface area contributed by atoms with Gasteiger partial charge in [0.15, 0.2) is 0 Å². The monoisotopic (exact) mass is 359 g/mol. The fourth-order valence-electron chi connectivity index (χ4n) is 2.12. The Labute approximate surface area is 150 Å². The van der Waals surface area contributed by atoms with E-state index in [0.717, 1.165) is 26.0 Å². The molecular formula is C14H8BrClNNaO2. The number of carboxylic acids is 1. The molecule has 0 aliphatic heterocycles. The van der Waals surface area contributed by atoms with E-state index in [9.17, 15) is 4.79 Å². The summed E-state index contributed by atoms with van der Waals surface area (Å²) in [5.74, 6) is -0.938. The molecule has 3 rings (SSSR count). The minimum absolute atomic E-state index is 0. The third-order valence-electron chi connectivity index (χ3n) is 3.00. The molecule has 0 saturated heterocycles. The van der Waals surface area contributed by atoms with Crippen LogP contribution >= 0.6 is 27.5 Å². The van der Waals surface area contributed by atoms with Crippen molar-refractivity contribution in [3.63, 3.8) is 0 Å². The molecule has 2 aromatic carbocycles. The van der Waals surface area contributed by atoms with Gasteiger partial charge in [0.1, 0.15) is 5.15 Å². The van der Waals surface area contributed by atoms with E-state index < -0.39 is 5.97 Å². The van der Waals surface area contributed by atoms with Crippen LogP contribution in [0, 0.1) is 0 Å². The van der Waals surface area contributed by atoms with E-state index in [4.69, 9.17) is 16.7 Å². The summed E-state index contributed by atoms with van der Waals surface area (Å²) >= 11 is 9.38. The maximum absolute atomic E-state index is 11.0. The second kappa shape index (κ2) is 6.00. The number of aromatic carboxylic acids is 1. The molecule has 1 N–H and O–H groups in total. The number of aromatic nitrogens is 1. The van der Waals surface area contributed by atoms with Crippen LogP contribution in [0.5, 0.6) is 0 Å². The quantitative estimate of drug-likeness (QED) is 0.407. The predicted octanol–water partition coefficient (Wildman–Crippen LogP) is 3.85. The van der Waals surface area contributed by atoms with Crippen molar-refractivity contribution in [3.05, 3.63) is 51.7 Å². The van der Waals surface area contributed by atoms with Crippen LogP contribution in [0.1, 0.15) is 10.4 Å². The number of halogens is 2. The van der Waals surface area contributed by atoms with E-state index in [1.165, 1.54) is 0 Å². The number of hydrogen-bond donors (Lipinski definition) is 1. The second-order valence-corrected chi connectivity index (χ2v) is 5.39. The van der Waals surface area contributed by atoms with Crippen molar-refractivity contribution < 1.29 is 9.90 Å². The van der Waals surface area contributed by atoms with Crippen molar-refractivity contribution in [1.29, 1.82) is 0 Å². The molecule has 1 heterocycles. The molecule has 1 aromatic heterocycles. The van der Waals surface area contributed by atoms with E-state index in [-0.39, 0.29) is 35.1 Å². The average molecular weight is 361 g/mol. The normalized spacial score (nSPS) is 10.5. The molecule has 0 unspecified atom stereocenters. The van der Waals surface area contributed by atoms with Gasteiger partial charge in [-0.3, -0.25) is 0 Å². The van der Waals surface area contributed by atoms with Crippen molar-refractivity contribution in [3.8, 4) is 0 Å². The van der Waals surface area contributed by atoms with E-state index in [1.807, 2.05) is 6.07 Å². The van der Waals surface area contributed by atoms with Gasteiger partial charge in [-0.25, -0.2) is 9.78 Å². The van der Waals surface area contributed by atoms with Gasteiger partial charge in [-0.2, -0.15) is 0 Å². The third kappa shape index (κ3) is 2.71. The SMILES string of the molecule is O=C(O)c1ccc2c(c1)cc(Br)c1cc(Cl)ncc12.[NaH]. The number of pyridine rings is 1. The molecule has 0 aliphatic carbocycles. The van der Waals surface area contributed by atoms with E-state index in [0.29, 0.717) is 5.15 Å². The first-order valence-electron chi connectivity index (χ1n) is 5.47. The molecule has 0 saturated carbocycles. The van der Waals surface area contributed by atoms with Crippen molar-refractivity contribution in [2.24, 2.45) is 0 Å². The first-order valence-corrected chi connectivity index (χ1v) is 6.64. The van der Waals surface area contributed by atoms with Crippen LogP contribution in [0.15, 0.2) is 41.0 Å². The summed E-state index contributed by atoms with van der Waals surface area (Å²) < 4.78 is 0.863. The van der Waals surface area contributed by atoms with Crippen LogP contribution in [0.4, 0.5) is 0 Å². The van der Waals surface area contributed by atoms with Crippen molar-refractivity contribution in [1.82, 2.24) is 4.98 Å². The van der Waals surface area contributed by atoms with Crippen molar-refractivity contribution in [2.75, 3.05) is 0 Å². The average Bonchev–Trinajstić information content (AvgIpc) is 2.38. The molecule has 3 nitrogen and oxygen atoms in total. The van der Waals surface area contributed by atoms with Gasteiger partial charge in [0, 0.05) is 21.4 Å². The summed E-state index contributed by atoms with van der Waals surface area (Å²) in [6.45, 7) is 0. The van der Waals surface area contributed by atoms with Crippen LogP contribution in [-0.2, 0) is 0 Å². The molecular weight excluding hydrogens is 353 g/mol. The Morgan fingerprint density at radius 1 is 1.15 bits per heavy atom. The molecule has 0 bridgehead atoms. The number of rotatable bonds is 1. The molecule has 0 radical (unpaired) electrons. The van der Waals surface area contributed by atoms with Crippen molar-refractivity contribution >= 4 is 84.6 Å². The molecule has 6 heteroatoms. The molecule has 0 spiro atoms. The number of carboxylic acid groups (broad SMARTS) is 1. The zero-order valence-corrected chi connectivity index (χ0v) is 11.9. The fraction of sp³-hybridized carbons (Fsp3) is 0. The number of hydrogen-bond acceptors (Lipinski definition) is 2. The summed E-state index contributed by atoms with van der Waals surface area (Å²) in [5, 5.41) is 13.1. The van der Waals surface area contributed by atoms with Crippen LogP contribution in [0.3, 0.4) is 0 Å². The Morgan fingerprint density at radius 3 is 2.60 bits per heavy atom.